The maximum Gasteiger partial charge on any atom is 0.260 e. The topological polar surface area (TPSA) is 116 Å². The van der Waals surface area contributed by atoms with E-state index in [1.807, 2.05) is 92.7 Å². The van der Waals surface area contributed by atoms with Crippen molar-refractivity contribution in [2.24, 2.45) is 23.7 Å². The minimum Gasteiger partial charge on any atom is -0.491 e. The van der Waals surface area contributed by atoms with Crippen LogP contribution in [0.5, 0.6) is 5.75 Å². The van der Waals surface area contributed by atoms with Crippen LogP contribution in [0.3, 0.4) is 0 Å². The van der Waals surface area contributed by atoms with Gasteiger partial charge in [-0.05, 0) is 67.5 Å². The lowest BCUT2D eigenvalue weighted by Gasteiger charge is -2.50. The third kappa shape index (κ3) is 4.78. The van der Waals surface area contributed by atoms with Gasteiger partial charge in [0.1, 0.15) is 12.4 Å². The van der Waals surface area contributed by atoms with Gasteiger partial charge < -0.3 is 9.84 Å². The SMILES string of the molecule is CCCN1C(=O)C2CC=C3C(CC4C(=O)N(Nc5ccc(C)cc5)C(=O)C4(c4ccccc4)C3c3ccc(OCCO)cc3)C2C1=O. The lowest BCUT2D eigenvalue weighted by atomic mass is 9.49. The van der Waals surface area contributed by atoms with Crippen LogP contribution >= 0.6 is 0 Å². The highest BCUT2D eigenvalue weighted by Gasteiger charge is 2.70. The normalized spacial score (nSPS) is 28.1. The predicted molar refractivity (Wildman–Crippen MR) is 175 cm³/mol. The summed E-state index contributed by atoms with van der Waals surface area (Å²) in [6.45, 7) is 4.31. The molecule has 4 amide bonds. The summed E-state index contributed by atoms with van der Waals surface area (Å²) < 4.78 is 5.66. The zero-order valence-corrected chi connectivity index (χ0v) is 26.6. The van der Waals surface area contributed by atoms with Crippen molar-refractivity contribution in [1.29, 1.82) is 0 Å². The molecule has 242 valence electrons. The smallest absolute Gasteiger partial charge is 0.260 e. The molecular formula is C38H39N3O6. The zero-order chi connectivity index (χ0) is 32.9. The number of likely N-dealkylation sites (tertiary alicyclic amines) is 1. The van der Waals surface area contributed by atoms with Crippen molar-refractivity contribution in [3.63, 3.8) is 0 Å². The van der Waals surface area contributed by atoms with Gasteiger partial charge in [0.15, 0.2) is 0 Å². The Morgan fingerprint density at radius 1 is 0.894 bits per heavy atom. The first kappa shape index (κ1) is 30.9. The van der Waals surface area contributed by atoms with Crippen molar-refractivity contribution >= 4 is 29.3 Å². The number of benzene rings is 3. The van der Waals surface area contributed by atoms with E-state index in [1.165, 1.54) is 9.91 Å². The van der Waals surface area contributed by atoms with Crippen molar-refractivity contribution in [3.8, 4) is 5.75 Å². The number of hydrogen-bond acceptors (Lipinski definition) is 7. The van der Waals surface area contributed by atoms with E-state index in [-0.39, 0.29) is 49.2 Å². The molecule has 3 fully saturated rings. The summed E-state index contributed by atoms with van der Waals surface area (Å²) in [6, 6.07) is 24.5. The van der Waals surface area contributed by atoms with Crippen LogP contribution in [0.4, 0.5) is 5.69 Å². The fourth-order valence-electron chi connectivity index (χ4n) is 8.55. The van der Waals surface area contributed by atoms with E-state index >= 15 is 4.79 Å². The second kappa shape index (κ2) is 12.1. The lowest BCUT2D eigenvalue weighted by molar-refractivity contribution is -0.141. The number of anilines is 1. The van der Waals surface area contributed by atoms with Crippen LogP contribution in [-0.4, -0.2) is 58.4 Å². The van der Waals surface area contributed by atoms with E-state index in [2.05, 4.69) is 11.5 Å². The Balaban J connectivity index is 1.41. The summed E-state index contributed by atoms with van der Waals surface area (Å²) >= 11 is 0. The van der Waals surface area contributed by atoms with E-state index in [9.17, 15) is 19.5 Å². The molecule has 4 aliphatic rings. The van der Waals surface area contributed by atoms with E-state index in [1.54, 1.807) is 0 Å². The minimum atomic E-state index is -1.31. The molecule has 47 heavy (non-hydrogen) atoms. The van der Waals surface area contributed by atoms with Gasteiger partial charge in [-0.1, -0.05) is 78.7 Å². The third-order valence-electron chi connectivity index (χ3n) is 10.5. The van der Waals surface area contributed by atoms with Crippen molar-refractivity contribution < 1.29 is 29.0 Å². The average molecular weight is 634 g/mol. The van der Waals surface area contributed by atoms with Gasteiger partial charge in [-0.15, -0.1) is 0 Å². The fourth-order valence-corrected chi connectivity index (χ4v) is 8.55. The van der Waals surface area contributed by atoms with Gasteiger partial charge in [-0.3, -0.25) is 29.5 Å². The number of aryl methyl sites for hydroxylation is 1. The number of nitrogens with one attached hydrogen (secondary N) is 1. The molecule has 2 heterocycles. The Morgan fingerprint density at radius 2 is 1.62 bits per heavy atom. The molecule has 7 rings (SSSR count). The number of rotatable bonds is 9. The average Bonchev–Trinajstić information content (AvgIpc) is 3.46. The molecule has 2 N–H and O–H groups in total. The second-order valence-corrected chi connectivity index (χ2v) is 13.1. The number of fused-ring (bicyclic) bond motifs is 4. The van der Waals surface area contributed by atoms with Crippen LogP contribution in [-0.2, 0) is 24.6 Å². The molecule has 0 radical (unpaired) electrons. The summed E-state index contributed by atoms with van der Waals surface area (Å²) in [4.78, 5) is 58.6. The van der Waals surface area contributed by atoms with Crippen molar-refractivity contribution in [1.82, 2.24) is 9.91 Å². The number of aliphatic hydroxyl groups is 1. The number of imide groups is 2. The summed E-state index contributed by atoms with van der Waals surface area (Å²) in [5, 5.41) is 10.5. The Kier molecular flexibility index (Phi) is 7.96. The van der Waals surface area contributed by atoms with Crippen LogP contribution in [0.1, 0.15) is 48.8 Å². The van der Waals surface area contributed by atoms with Crippen LogP contribution in [0.25, 0.3) is 0 Å². The highest BCUT2D eigenvalue weighted by Crippen LogP contribution is 2.64. The highest BCUT2D eigenvalue weighted by molar-refractivity contribution is 6.13. The molecule has 2 aliphatic heterocycles. The molecule has 3 aromatic carbocycles. The standard InChI is InChI=1S/C38H39N3O6/c1-3-19-40-34(43)29-18-17-28-30(32(29)36(40)45)22-31-35(44)41(39-26-13-9-23(2)10-14-26)37(46)38(31,25-7-5-4-6-8-25)33(28)24-11-15-27(16-12-24)47-21-20-42/h4-17,29-33,39,42H,3,18-22H2,1-2H3. The first-order chi connectivity index (χ1) is 22.8. The van der Waals surface area contributed by atoms with Gasteiger partial charge >= 0.3 is 0 Å². The minimum absolute atomic E-state index is 0.122. The monoisotopic (exact) mass is 633 g/mol. The van der Waals surface area contributed by atoms with Gasteiger partial charge in [0.05, 0.1) is 35.5 Å². The molecule has 2 saturated heterocycles. The zero-order valence-electron chi connectivity index (χ0n) is 26.6. The first-order valence-corrected chi connectivity index (χ1v) is 16.5. The number of allylic oxidation sites excluding steroid dienone is 2. The summed E-state index contributed by atoms with van der Waals surface area (Å²) in [5.41, 5.74) is 5.95. The Labute approximate surface area is 274 Å². The number of carbonyl (C=O) groups is 4. The summed E-state index contributed by atoms with van der Waals surface area (Å²) in [6.07, 6.45) is 3.41. The van der Waals surface area contributed by atoms with E-state index in [0.717, 1.165) is 22.3 Å². The molecule has 1 saturated carbocycles. The largest absolute Gasteiger partial charge is 0.491 e. The molecule has 9 heteroatoms. The van der Waals surface area contributed by atoms with Gasteiger partial charge in [0, 0.05) is 12.5 Å². The Hall–Kier alpha value is -4.76. The number of aliphatic hydroxyl groups excluding tert-OH is 1. The number of hydrazine groups is 1. The van der Waals surface area contributed by atoms with Gasteiger partial charge in [-0.2, -0.15) is 5.01 Å². The van der Waals surface area contributed by atoms with Gasteiger partial charge in [0.2, 0.25) is 11.8 Å². The van der Waals surface area contributed by atoms with E-state index in [4.69, 9.17) is 4.74 Å². The number of ether oxygens (including phenoxy) is 1. The molecule has 6 atom stereocenters. The molecular weight excluding hydrogens is 594 g/mol. The van der Waals surface area contributed by atoms with Crippen molar-refractivity contribution in [3.05, 3.63) is 107 Å². The van der Waals surface area contributed by atoms with E-state index in [0.29, 0.717) is 30.8 Å². The number of amides is 4. The molecule has 9 nitrogen and oxygen atoms in total. The van der Waals surface area contributed by atoms with Crippen LogP contribution < -0.4 is 10.2 Å². The predicted octanol–water partition coefficient (Wildman–Crippen LogP) is 4.76. The number of carbonyl (C=O) groups excluding carboxylic acids is 4. The fraction of sp³-hybridized carbons (Fsp3) is 0.368. The van der Waals surface area contributed by atoms with Crippen LogP contribution in [0.15, 0.2) is 90.5 Å². The van der Waals surface area contributed by atoms with Crippen molar-refractivity contribution in [2.75, 3.05) is 25.2 Å². The molecule has 6 unspecified atom stereocenters. The molecule has 2 aliphatic carbocycles. The molecule has 0 spiro atoms. The number of hydrogen-bond donors (Lipinski definition) is 2. The maximum absolute atomic E-state index is 15.1. The van der Waals surface area contributed by atoms with Crippen LogP contribution in [0, 0.1) is 30.6 Å². The lowest BCUT2D eigenvalue weighted by Crippen LogP contribution is -2.53. The van der Waals surface area contributed by atoms with Gasteiger partial charge in [0.25, 0.3) is 11.8 Å². The van der Waals surface area contributed by atoms with Crippen LogP contribution in [0.2, 0.25) is 0 Å². The molecule has 0 bridgehead atoms. The maximum atomic E-state index is 15.1. The number of nitrogens with zero attached hydrogens (tertiary/aromatic N) is 2. The molecule has 3 aromatic rings. The molecule has 0 aromatic heterocycles. The highest BCUT2D eigenvalue weighted by atomic mass is 16.5. The second-order valence-electron chi connectivity index (χ2n) is 13.1. The summed E-state index contributed by atoms with van der Waals surface area (Å²) in [5.74, 6) is -3.29. The Morgan fingerprint density at radius 3 is 2.30 bits per heavy atom. The third-order valence-corrected chi connectivity index (χ3v) is 10.5. The quantitative estimate of drug-likeness (QED) is 0.258. The Bertz CT molecular complexity index is 1740. The summed E-state index contributed by atoms with van der Waals surface area (Å²) in [7, 11) is 0. The first-order valence-electron chi connectivity index (χ1n) is 16.5. The van der Waals surface area contributed by atoms with Gasteiger partial charge in [-0.25, -0.2) is 0 Å². The van der Waals surface area contributed by atoms with Crippen molar-refractivity contribution in [2.45, 2.75) is 44.4 Å². The van der Waals surface area contributed by atoms with E-state index < -0.39 is 29.1 Å².